The molecule has 4 aliphatic rings. The highest BCUT2D eigenvalue weighted by molar-refractivity contribution is 5.93. The van der Waals surface area contributed by atoms with Gasteiger partial charge in [0.1, 0.15) is 0 Å². The Hall–Kier alpha value is -6.38. The lowest BCUT2D eigenvalue weighted by Crippen LogP contribution is -2.31. The molecule has 57 heavy (non-hydrogen) atoms. The molecule has 2 atom stereocenters. The highest BCUT2D eigenvalue weighted by atomic mass is 15.1. The third-order valence-electron chi connectivity index (χ3n) is 13.5. The van der Waals surface area contributed by atoms with E-state index < -0.39 is 0 Å². The lowest BCUT2D eigenvalue weighted by molar-refractivity contribution is 0.229. The van der Waals surface area contributed by atoms with E-state index in [1.807, 2.05) is 0 Å². The molecule has 8 aromatic rings. The van der Waals surface area contributed by atoms with Crippen molar-refractivity contribution in [1.82, 2.24) is 0 Å². The van der Waals surface area contributed by atoms with Crippen molar-refractivity contribution in [2.75, 3.05) is 9.80 Å². The minimum absolute atomic E-state index is 0.398. The lowest BCUT2D eigenvalue weighted by Gasteiger charge is -2.39. The first-order valence-corrected chi connectivity index (χ1v) is 20.8. The van der Waals surface area contributed by atoms with Gasteiger partial charge in [-0.2, -0.15) is 0 Å². The number of anilines is 6. The molecule has 8 aromatic carbocycles. The number of hydrogen-bond acceptors (Lipinski definition) is 2. The second-order valence-corrected chi connectivity index (χ2v) is 16.8. The summed E-state index contributed by atoms with van der Waals surface area (Å²) in [6.45, 7) is 0. The molecule has 0 aliphatic heterocycles. The summed E-state index contributed by atoms with van der Waals surface area (Å²) in [5, 5.41) is 2.42. The molecular formula is C55H46N2. The number of para-hydroxylation sites is 1. The summed E-state index contributed by atoms with van der Waals surface area (Å²) >= 11 is 0. The second kappa shape index (κ2) is 14.0. The van der Waals surface area contributed by atoms with Crippen LogP contribution in [0.1, 0.15) is 37.7 Å². The summed E-state index contributed by atoms with van der Waals surface area (Å²) < 4.78 is 0. The molecule has 0 aromatic heterocycles. The molecule has 0 saturated heterocycles. The smallest absolute Gasteiger partial charge is 0.0468 e. The van der Waals surface area contributed by atoms with Crippen LogP contribution in [0.3, 0.4) is 0 Å². The van der Waals surface area contributed by atoms with E-state index in [2.05, 4.69) is 210 Å². The van der Waals surface area contributed by atoms with Crippen LogP contribution in [0.15, 0.2) is 200 Å². The van der Waals surface area contributed by atoms with Crippen molar-refractivity contribution < 1.29 is 0 Å². The first kappa shape index (κ1) is 33.9. The Kier molecular flexibility index (Phi) is 8.31. The van der Waals surface area contributed by atoms with Crippen LogP contribution in [0.2, 0.25) is 0 Å². The Labute approximate surface area is 336 Å². The van der Waals surface area contributed by atoms with E-state index in [-0.39, 0.29) is 0 Å². The zero-order chi connectivity index (χ0) is 37.8. The number of rotatable bonds is 9. The maximum atomic E-state index is 2.46. The average molecular weight is 735 g/mol. The predicted octanol–water partition coefficient (Wildman–Crippen LogP) is 15.2. The molecular weight excluding hydrogens is 689 g/mol. The Morgan fingerprint density at radius 3 is 1.14 bits per heavy atom. The van der Waals surface area contributed by atoms with Crippen LogP contribution in [0.25, 0.3) is 33.0 Å². The van der Waals surface area contributed by atoms with Crippen molar-refractivity contribution in [2.24, 2.45) is 17.8 Å². The zero-order valence-electron chi connectivity index (χ0n) is 32.2. The molecule has 4 fully saturated rings. The number of nitrogens with zero attached hydrogens (tertiary/aromatic N) is 2. The minimum Gasteiger partial charge on any atom is -0.310 e. The van der Waals surface area contributed by atoms with Gasteiger partial charge in [-0.3, -0.25) is 0 Å². The minimum atomic E-state index is 0.398. The van der Waals surface area contributed by atoms with E-state index in [4.69, 9.17) is 0 Å². The van der Waals surface area contributed by atoms with Crippen LogP contribution in [0, 0.1) is 17.8 Å². The van der Waals surface area contributed by atoms with Gasteiger partial charge in [-0.05, 0) is 167 Å². The number of hydrogen-bond donors (Lipinski definition) is 0. The van der Waals surface area contributed by atoms with Gasteiger partial charge < -0.3 is 9.80 Å². The van der Waals surface area contributed by atoms with E-state index in [0.29, 0.717) is 5.41 Å². The molecule has 4 aliphatic carbocycles. The molecule has 0 heterocycles. The quantitative estimate of drug-likeness (QED) is 0.146. The van der Waals surface area contributed by atoms with E-state index >= 15 is 0 Å². The number of fused-ring (bicyclic) bond motifs is 1. The van der Waals surface area contributed by atoms with Crippen LogP contribution < -0.4 is 9.80 Å². The SMILES string of the molecule is c1ccc(-c2ccc(N(c3ccccc3)c3ccc4cc(N(c5ccc(-c6ccccc6)cc5)c5ccc(C67CC8CC(C6)C(C8)C7)cc5)ccc4c3)cc2)cc1. The fourth-order valence-electron chi connectivity index (χ4n) is 11.0. The second-order valence-electron chi connectivity index (χ2n) is 16.8. The van der Waals surface area contributed by atoms with Crippen LogP contribution >= 0.6 is 0 Å². The highest BCUT2D eigenvalue weighted by Gasteiger charge is 2.56. The van der Waals surface area contributed by atoms with Gasteiger partial charge in [0.15, 0.2) is 0 Å². The molecule has 2 nitrogen and oxygen atoms in total. The third-order valence-corrected chi connectivity index (χ3v) is 13.5. The topological polar surface area (TPSA) is 6.48 Å². The van der Waals surface area contributed by atoms with Crippen LogP contribution in [-0.2, 0) is 5.41 Å². The molecule has 0 amide bonds. The van der Waals surface area contributed by atoms with E-state index in [1.165, 1.54) is 70.8 Å². The third kappa shape index (κ3) is 6.21. The van der Waals surface area contributed by atoms with E-state index in [1.54, 1.807) is 5.56 Å². The van der Waals surface area contributed by atoms with Gasteiger partial charge >= 0.3 is 0 Å². The summed E-state index contributed by atoms with van der Waals surface area (Å²) in [6, 6.07) is 73.5. The fraction of sp³-hybridized carbons (Fsp3) is 0.164. The Balaban J connectivity index is 0.956. The van der Waals surface area contributed by atoms with Crippen molar-refractivity contribution in [2.45, 2.75) is 37.5 Å². The van der Waals surface area contributed by atoms with Crippen molar-refractivity contribution >= 4 is 44.9 Å². The van der Waals surface area contributed by atoms with Crippen LogP contribution in [0.5, 0.6) is 0 Å². The van der Waals surface area contributed by atoms with Crippen molar-refractivity contribution in [3.05, 3.63) is 206 Å². The molecule has 0 N–H and O–H groups in total. The predicted molar refractivity (Wildman–Crippen MR) is 239 cm³/mol. The lowest BCUT2D eigenvalue weighted by atomic mass is 9.66. The molecule has 4 bridgehead atoms. The maximum Gasteiger partial charge on any atom is 0.0468 e. The van der Waals surface area contributed by atoms with Gasteiger partial charge in [0.25, 0.3) is 0 Å². The van der Waals surface area contributed by atoms with Gasteiger partial charge in [0, 0.05) is 34.1 Å². The molecule has 0 radical (unpaired) electrons. The molecule has 276 valence electrons. The van der Waals surface area contributed by atoms with Crippen molar-refractivity contribution in [3.63, 3.8) is 0 Å². The average Bonchev–Trinajstić information content (AvgIpc) is 3.71. The van der Waals surface area contributed by atoms with Crippen LogP contribution in [0.4, 0.5) is 34.1 Å². The van der Waals surface area contributed by atoms with Gasteiger partial charge in [-0.25, -0.2) is 0 Å². The van der Waals surface area contributed by atoms with Crippen molar-refractivity contribution in [1.29, 1.82) is 0 Å². The zero-order valence-corrected chi connectivity index (χ0v) is 32.2. The monoisotopic (exact) mass is 734 g/mol. The summed E-state index contributed by atoms with van der Waals surface area (Å²) in [4.78, 5) is 4.79. The molecule has 2 unspecified atom stereocenters. The molecule has 0 spiro atoms. The Morgan fingerprint density at radius 1 is 0.333 bits per heavy atom. The van der Waals surface area contributed by atoms with Gasteiger partial charge in [-0.15, -0.1) is 0 Å². The molecule has 12 rings (SSSR count). The summed E-state index contributed by atoms with van der Waals surface area (Å²) in [5.74, 6) is 2.86. The first-order valence-electron chi connectivity index (χ1n) is 20.8. The number of benzene rings is 8. The van der Waals surface area contributed by atoms with E-state index in [9.17, 15) is 0 Å². The van der Waals surface area contributed by atoms with Crippen molar-refractivity contribution in [3.8, 4) is 22.3 Å². The Morgan fingerprint density at radius 2 is 0.702 bits per heavy atom. The normalized spacial score (nSPS) is 20.5. The Bertz CT molecular complexity index is 2630. The molecule has 2 heteroatoms. The van der Waals surface area contributed by atoms with Gasteiger partial charge in [-0.1, -0.05) is 127 Å². The van der Waals surface area contributed by atoms with Gasteiger partial charge in [0.2, 0.25) is 0 Å². The van der Waals surface area contributed by atoms with Gasteiger partial charge in [0.05, 0.1) is 0 Å². The fourth-order valence-corrected chi connectivity index (χ4v) is 11.0. The van der Waals surface area contributed by atoms with Crippen LogP contribution in [-0.4, -0.2) is 0 Å². The maximum absolute atomic E-state index is 2.46. The largest absolute Gasteiger partial charge is 0.310 e. The summed E-state index contributed by atoms with van der Waals surface area (Å²) in [7, 11) is 0. The highest BCUT2D eigenvalue weighted by Crippen LogP contribution is 2.64. The van der Waals surface area contributed by atoms with E-state index in [0.717, 1.165) is 46.2 Å². The standard InChI is InChI=1S/C55H46N2/c1-4-10-40(11-5-1)42-16-24-50(25-17-42)56(49-14-8-3-9-15-49)53-28-20-45-35-54(29-21-44(45)34-53)57(51-26-18-43(19-27-51)41-12-6-2-7-13-41)52-30-22-48(23-31-52)55-36-39-32-46(37-55)47(33-39)38-55/h1-31,34-35,39,46-47H,32-33,36-38H2. The molecule has 4 saturated carbocycles. The summed E-state index contributed by atoms with van der Waals surface area (Å²) in [6.07, 6.45) is 7.13. The first-order chi connectivity index (χ1) is 28.2. The summed E-state index contributed by atoms with van der Waals surface area (Å²) in [5.41, 5.74) is 13.8.